The van der Waals surface area contributed by atoms with Gasteiger partial charge < -0.3 is 5.32 Å². The molecule has 0 saturated heterocycles. The lowest BCUT2D eigenvalue weighted by Crippen LogP contribution is -2.39. The minimum absolute atomic E-state index is 0.286. The Morgan fingerprint density at radius 2 is 1.57 bits per heavy atom. The predicted molar refractivity (Wildman–Crippen MR) is 73.9 cm³/mol. The average Bonchev–Trinajstić information content (AvgIpc) is 2.45. The molecule has 110 valence electrons. The van der Waals surface area contributed by atoms with E-state index in [0.717, 1.165) is 0 Å². The van der Waals surface area contributed by atoms with Crippen LogP contribution in [0.15, 0.2) is 54.6 Å². The van der Waals surface area contributed by atoms with Crippen LogP contribution >= 0.6 is 11.6 Å². The summed E-state index contributed by atoms with van der Waals surface area (Å²) in [6, 6.07) is 13.8. The van der Waals surface area contributed by atoms with Crippen molar-refractivity contribution >= 4 is 17.5 Å². The fourth-order valence-corrected chi connectivity index (χ4v) is 2.15. The highest BCUT2D eigenvalue weighted by atomic mass is 35.5. The van der Waals surface area contributed by atoms with Crippen molar-refractivity contribution in [3.8, 4) is 0 Å². The number of benzene rings is 2. The van der Waals surface area contributed by atoms with Gasteiger partial charge in [-0.15, -0.1) is 0 Å². The van der Waals surface area contributed by atoms with Crippen molar-refractivity contribution in [2.24, 2.45) is 0 Å². The molecule has 0 saturated carbocycles. The zero-order valence-corrected chi connectivity index (χ0v) is 11.4. The van der Waals surface area contributed by atoms with Crippen molar-refractivity contribution in [3.05, 3.63) is 70.7 Å². The quantitative estimate of drug-likeness (QED) is 0.908. The first-order chi connectivity index (χ1) is 9.89. The van der Waals surface area contributed by atoms with Gasteiger partial charge in [0, 0.05) is 5.02 Å². The minimum Gasteiger partial charge on any atom is -0.337 e. The van der Waals surface area contributed by atoms with Crippen LogP contribution in [0.3, 0.4) is 0 Å². The second-order valence-electron chi connectivity index (χ2n) is 4.34. The summed E-state index contributed by atoms with van der Waals surface area (Å²) in [4.78, 5) is 11.3. The highest BCUT2D eigenvalue weighted by Gasteiger charge is 2.40. The third-order valence-electron chi connectivity index (χ3n) is 2.88. The number of amides is 1. The predicted octanol–water partition coefficient (Wildman–Crippen LogP) is 4.11. The van der Waals surface area contributed by atoms with Crippen molar-refractivity contribution in [1.29, 1.82) is 0 Å². The van der Waals surface area contributed by atoms with Crippen LogP contribution < -0.4 is 5.32 Å². The highest BCUT2D eigenvalue weighted by molar-refractivity contribution is 6.31. The lowest BCUT2D eigenvalue weighted by Gasteiger charge is -2.21. The molecule has 0 spiro atoms. The Labute approximate surface area is 124 Å². The number of halogens is 4. The van der Waals surface area contributed by atoms with Crippen LogP contribution in [0.4, 0.5) is 13.2 Å². The van der Waals surface area contributed by atoms with Crippen LogP contribution in [-0.4, -0.2) is 12.1 Å². The second-order valence-corrected chi connectivity index (χ2v) is 4.74. The van der Waals surface area contributed by atoms with Crippen LogP contribution in [0, 0.1) is 0 Å². The zero-order valence-electron chi connectivity index (χ0n) is 10.7. The number of carbonyl (C=O) groups excluding carboxylic acids is 1. The fourth-order valence-electron chi connectivity index (χ4n) is 1.91. The van der Waals surface area contributed by atoms with Gasteiger partial charge in [-0.3, -0.25) is 4.79 Å². The van der Waals surface area contributed by atoms with E-state index in [1.54, 1.807) is 54.6 Å². The van der Waals surface area contributed by atoms with E-state index in [2.05, 4.69) is 0 Å². The molecule has 0 fully saturated rings. The van der Waals surface area contributed by atoms with Crippen molar-refractivity contribution in [3.63, 3.8) is 0 Å². The SMILES string of the molecule is O=C(NC(c1ccccc1)c1ccccc1Cl)C(F)(F)F. The van der Waals surface area contributed by atoms with E-state index in [-0.39, 0.29) is 5.02 Å². The number of rotatable bonds is 3. The van der Waals surface area contributed by atoms with Crippen LogP contribution in [0.25, 0.3) is 0 Å². The van der Waals surface area contributed by atoms with Gasteiger partial charge in [-0.25, -0.2) is 0 Å². The lowest BCUT2D eigenvalue weighted by atomic mass is 9.98. The number of alkyl halides is 3. The summed E-state index contributed by atoms with van der Waals surface area (Å²) < 4.78 is 37.5. The molecule has 2 aromatic carbocycles. The Morgan fingerprint density at radius 1 is 1.00 bits per heavy atom. The summed E-state index contributed by atoms with van der Waals surface area (Å²) in [5.74, 6) is -2.00. The number of carbonyl (C=O) groups is 1. The molecule has 21 heavy (non-hydrogen) atoms. The molecule has 0 heterocycles. The standard InChI is InChI=1S/C15H11ClF3NO/c16-12-9-5-4-8-11(12)13(10-6-2-1-3-7-10)20-14(21)15(17,18)19/h1-9,13H,(H,20,21). The largest absolute Gasteiger partial charge is 0.471 e. The summed E-state index contributed by atoms with van der Waals surface area (Å²) >= 11 is 6.03. The van der Waals surface area contributed by atoms with Crippen LogP contribution in [0.1, 0.15) is 17.2 Å². The summed E-state index contributed by atoms with van der Waals surface area (Å²) in [5, 5.41) is 2.27. The van der Waals surface area contributed by atoms with E-state index in [4.69, 9.17) is 11.6 Å². The highest BCUT2D eigenvalue weighted by Crippen LogP contribution is 2.29. The first-order valence-corrected chi connectivity index (χ1v) is 6.44. The lowest BCUT2D eigenvalue weighted by molar-refractivity contribution is -0.174. The fraction of sp³-hybridized carbons (Fsp3) is 0.133. The van der Waals surface area contributed by atoms with E-state index >= 15 is 0 Å². The smallest absolute Gasteiger partial charge is 0.337 e. The molecule has 0 aromatic heterocycles. The van der Waals surface area contributed by atoms with Gasteiger partial charge in [-0.1, -0.05) is 60.1 Å². The Bertz CT molecular complexity index is 628. The Hall–Kier alpha value is -2.01. The molecule has 6 heteroatoms. The van der Waals surface area contributed by atoms with E-state index in [1.807, 2.05) is 5.32 Å². The topological polar surface area (TPSA) is 29.1 Å². The molecule has 0 aliphatic heterocycles. The van der Waals surface area contributed by atoms with Gasteiger partial charge in [-0.2, -0.15) is 13.2 Å². The number of hydrogen-bond acceptors (Lipinski definition) is 1. The van der Waals surface area contributed by atoms with Crippen LogP contribution in [-0.2, 0) is 4.79 Å². The second kappa shape index (κ2) is 6.18. The minimum atomic E-state index is -4.95. The van der Waals surface area contributed by atoms with Gasteiger partial charge in [0.25, 0.3) is 0 Å². The molecule has 2 aromatic rings. The average molecular weight is 314 g/mol. The van der Waals surface area contributed by atoms with Gasteiger partial charge in [-0.05, 0) is 17.2 Å². The molecule has 2 rings (SSSR count). The van der Waals surface area contributed by atoms with Gasteiger partial charge >= 0.3 is 12.1 Å². The third-order valence-corrected chi connectivity index (χ3v) is 3.23. The van der Waals surface area contributed by atoms with Crippen molar-refractivity contribution < 1.29 is 18.0 Å². The summed E-state index contributed by atoms with van der Waals surface area (Å²) in [6.07, 6.45) is -4.95. The Balaban J connectivity index is 2.41. The summed E-state index contributed by atoms with van der Waals surface area (Å²) in [6.45, 7) is 0. The summed E-state index contributed by atoms with van der Waals surface area (Å²) in [7, 11) is 0. The first-order valence-electron chi connectivity index (χ1n) is 6.06. The maximum Gasteiger partial charge on any atom is 0.471 e. The molecule has 0 radical (unpaired) electrons. The van der Waals surface area contributed by atoms with Crippen LogP contribution in [0.5, 0.6) is 0 Å². The molecule has 2 nitrogen and oxygen atoms in total. The number of nitrogens with one attached hydrogen (secondary N) is 1. The first kappa shape index (κ1) is 15.4. The zero-order chi connectivity index (χ0) is 15.5. The van der Waals surface area contributed by atoms with E-state index in [9.17, 15) is 18.0 Å². The normalized spacial score (nSPS) is 12.8. The molecular weight excluding hydrogens is 303 g/mol. The molecule has 1 unspecified atom stereocenters. The molecule has 1 atom stereocenters. The van der Waals surface area contributed by atoms with Crippen molar-refractivity contribution in [2.75, 3.05) is 0 Å². The monoisotopic (exact) mass is 313 g/mol. The van der Waals surface area contributed by atoms with E-state index < -0.39 is 18.1 Å². The molecule has 1 amide bonds. The summed E-state index contributed by atoms with van der Waals surface area (Å²) in [5.41, 5.74) is 0.922. The van der Waals surface area contributed by atoms with Gasteiger partial charge in [0.15, 0.2) is 0 Å². The molecule has 1 N–H and O–H groups in total. The molecular formula is C15H11ClF3NO. The van der Waals surface area contributed by atoms with Gasteiger partial charge in [0.1, 0.15) is 0 Å². The maximum absolute atomic E-state index is 12.5. The van der Waals surface area contributed by atoms with Crippen molar-refractivity contribution in [1.82, 2.24) is 5.32 Å². The van der Waals surface area contributed by atoms with E-state index in [1.165, 1.54) is 0 Å². The van der Waals surface area contributed by atoms with Crippen molar-refractivity contribution in [2.45, 2.75) is 12.2 Å². The van der Waals surface area contributed by atoms with Gasteiger partial charge in [0.2, 0.25) is 0 Å². The molecule has 0 aliphatic carbocycles. The molecule has 0 aliphatic rings. The Morgan fingerprint density at radius 3 is 2.14 bits per heavy atom. The van der Waals surface area contributed by atoms with Gasteiger partial charge in [0.05, 0.1) is 6.04 Å². The van der Waals surface area contributed by atoms with Crippen LogP contribution in [0.2, 0.25) is 5.02 Å². The van der Waals surface area contributed by atoms with E-state index in [0.29, 0.717) is 11.1 Å². The third kappa shape index (κ3) is 3.76. The molecule has 0 bridgehead atoms. The Kier molecular flexibility index (Phi) is 4.53. The maximum atomic E-state index is 12.5. The number of hydrogen-bond donors (Lipinski definition) is 1.